The van der Waals surface area contributed by atoms with E-state index in [0.29, 0.717) is 11.5 Å². The number of nitrogens with one attached hydrogen (secondary N) is 1. The summed E-state index contributed by atoms with van der Waals surface area (Å²) >= 11 is 0. The zero-order valence-electron chi connectivity index (χ0n) is 11.1. The molecule has 0 saturated heterocycles. The highest BCUT2D eigenvalue weighted by atomic mass is 16.2. The highest BCUT2D eigenvalue weighted by Gasteiger charge is 2.13. The average Bonchev–Trinajstić information content (AvgIpc) is 2.37. The molecular formula is C13H22N4O. The Morgan fingerprint density at radius 2 is 2.06 bits per heavy atom. The van der Waals surface area contributed by atoms with E-state index in [0.717, 1.165) is 32.1 Å². The van der Waals surface area contributed by atoms with Gasteiger partial charge in [0.05, 0.1) is 0 Å². The highest BCUT2D eigenvalue weighted by Crippen LogP contribution is 2.08. The molecule has 0 spiro atoms. The lowest BCUT2D eigenvalue weighted by atomic mass is 10.1. The third kappa shape index (κ3) is 4.69. The van der Waals surface area contributed by atoms with Gasteiger partial charge in [-0.15, -0.1) is 10.2 Å². The number of hydrogen-bond acceptors (Lipinski definition) is 4. The van der Waals surface area contributed by atoms with E-state index in [1.54, 1.807) is 12.1 Å². The molecule has 0 aliphatic heterocycles. The number of unbranched alkanes of at least 4 members (excludes halogenated alkanes) is 1. The number of nitrogens with two attached hydrogens (primary N) is 1. The topological polar surface area (TPSA) is 80.9 Å². The molecule has 0 radical (unpaired) electrons. The summed E-state index contributed by atoms with van der Waals surface area (Å²) in [5, 5.41) is 10.5. The molecule has 1 aromatic heterocycles. The summed E-state index contributed by atoms with van der Waals surface area (Å²) < 4.78 is 0. The van der Waals surface area contributed by atoms with Gasteiger partial charge in [0.15, 0.2) is 5.69 Å². The first-order valence-corrected chi connectivity index (χ1v) is 6.57. The fraction of sp³-hybridized carbons (Fsp3) is 0.615. The Hall–Kier alpha value is -1.65. The van der Waals surface area contributed by atoms with Crippen LogP contribution in [0.2, 0.25) is 0 Å². The maximum absolute atomic E-state index is 11.9. The van der Waals surface area contributed by atoms with Crippen LogP contribution in [0.25, 0.3) is 0 Å². The van der Waals surface area contributed by atoms with Crippen LogP contribution in [0.5, 0.6) is 0 Å². The molecule has 0 saturated carbocycles. The average molecular weight is 250 g/mol. The predicted molar refractivity (Wildman–Crippen MR) is 72.1 cm³/mol. The van der Waals surface area contributed by atoms with Crippen molar-refractivity contribution < 1.29 is 4.79 Å². The fourth-order valence-electron chi connectivity index (χ4n) is 1.81. The summed E-state index contributed by atoms with van der Waals surface area (Å²) in [6.07, 6.45) is 5.32. The molecule has 1 rings (SSSR count). The smallest absolute Gasteiger partial charge is 0.272 e. The van der Waals surface area contributed by atoms with Crippen molar-refractivity contribution in [2.45, 2.75) is 52.0 Å². The standard InChI is InChI=1S/C13H22N4O/c1-3-5-7-10(6-4-2)15-13(18)11-8-9-12(14)17-16-11/h8-10H,3-7H2,1-2H3,(H2,14,17)(H,15,18). The summed E-state index contributed by atoms with van der Waals surface area (Å²) in [4.78, 5) is 11.9. The molecule has 0 aliphatic carbocycles. The zero-order valence-corrected chi connectivity index (χ0v) is 11.1. The summed E-state index contributed by atoms with van der Waals surface area (Å²) in [5.41, 5.74) is 5.76. The summed E-state index contributed by atoms with van der Waals surface area (Å²) in [6.45, 7) is 4.27. The Labute approximate surface area is 108 Å². The number of rotatable bonds is 7. The number of nitrogen functional groups attached to an aromatic ring is 1. The second-order valence-electron chi connectivity index (χ2n) is 4.44. The van der Waals surface area contributed by atoms with Crippen molar-refractivity contribution in [3.8, 4) is 0 Å². The van der Waals surface area contributed by atoms with Gasteiger partial charge >= 0.3 is 0 Å². The van der Waals surface area contributed by atoms with Crippen LogP contribution in [-0.2, 0) is 0 Å². The van der Waals surface area contributed by atoms with Gasteiger partial charge < -0.3 is 11.1 Å². The van der Waals surface area contributed by atoms with Crippen molar-refractivity contribution in [1.82, 2.24) is 15.5 Å². The van der Waals surface area contributed by atoms with Gasteiger partial charge in [0, 0.05) is 6.04 Å². The van der Waals surface area contributed by atoms with E-state index in [2.05, 4.69) is 29.4 Å². The number of amides is 1. The third-order valence-electron chi connectivity index (χ3n) is 2.80. The van der Waals surface area contributed by atoms with Crippen molar-refractivity contribution in [3.05, 3.63) is 17.8 Å². The molecule has 1 aromatic rings. The van der Waals surface area contributed by atoms with Crippen molar-refractivity contribution >= 4 is 11.7 Å². The SMILES string of the molecule is CCCCC(CCC)NC(=O)c1ccc(N)nn1. The Bertz CT molecular complexity index is 364. The number of hydrogen-bond donors (Lipinski definition) is 2. The van der Waals surface area contributed by atoms with Crippen molar-refractivity contribution in [1.29, 1.82) is 0 Å². The normalized spacial score (nSPS) is 12.1. The Kier molecular flexibility index (Phi) is 6.11. The van der Waals surface area contributed by atoms with Crippen LogP contribution in [0, 0.1) is 0 Å². The van der Waals surface area contributed by atoms with Gasteiger partial charge in [-0.3, -0.25) is 4.79 Å². The van der Waals surface area contributed by atoms with Crippen LogP contribution in [0.4, 0.5) is 5.82 Å². The van der Waals surface area contributed by atoms with E-state index < -0.39 is 0 Å². The van der Waals surface area contributed by atoms with Gasteiger partial charge in [0.1, 0.15) is 5.82 Å². The molecule has 5 heteroatoms. The van der Waals surface area contributed by atoms with E-state index in [9.17, 15) is 4.79 Å². The molecule has 1 amide bonds. The van der Waals surface area contributed by atoms with Crippen molar-refractivity contribution in [2.75, 3.05) is 5.73 Å². The largest absolute Gasteiger partial charge is 0.382 e. The number of carbonyl (C=O) groups excluding carboxylic acids is 1. The quantitative estimate of drug-likeness (QED) is 0.777. The molecular weight excluding hydrogens is 228 g/mol. The van der Waals surface area contributed by atoms with Crippen LogP contribution in [0.3, 0.4) is 0 Å². The van der Waals surface area contributed by atoms with E-state index in [4.69, 9.17) is 5.73 Å². The van der Waals surface area contributed by atoms with Gasteiger partial charge in [0.25, 0.3) is 5.91 Å². The van der Waals surface area contributed by atoms with E-state index in [1.165, 1.54) is 0 Å². The molecule has 5 nitrogen and oxygen atoms in total. The summed E-state index contributed by atoms with van der Waals surface area (Å²) in [7, 11) is 0. The molecule has 3 N–H and O–H groups in total. The lowest BCUT2D eigenvalue weighted by Crippen LogP contribution is -2.35. The molecule has 1 unspecified atom stereocenters. The van der Waals surface area contributed by atoms with E-state index in [1.807, 2.05) is 0 Å². The van der Waals surface area contributed by atoms with Crippen molar-refractivity contribution in [3.63, 3.8) is 0 Å². The number of nitrogens with zero attached hydrogens (tertiary/aromatic N) is 2. The lowest BCUT2D eigenvalue weighted by molar-refractivity contribution is 0.0926. The number of carbonyl (C=O) groups is 1. The van der Waals surface area contributed by atoms with Gasteiger partial charge in [-0.25, -0.2) is 0 Å². The Morgan fingerprint density at radius 1 is 1.28 bits per heavy atom. The Morgan fingerprint density at radius 3 is 2.61 bits per heavy atom. The van der Waals surface area contributed by atoms with Crippen LogP contribution < -0.4 is 11.1 Å². The van der Waals surface area contributed by atoms with Crippen LogP contribution in [0.1, 0.15) is 56.4 Å². The first-order valence-electron chi connectivity index (χ1n) is 6.57. The summed E-state index contributed by atoms with van der Waals surface area (Å²) in [6, 6.07) is 3.41. The first kappa shape index (κ1) is 14.4. The van der Waals surface area contributed by atoms with E-state index >= 15 is 0 Å². The van der Waals surface area contributed by atoms with Gasteiger partial charge in [-0.2, -0.15) is 0 Å². The summed E-state index contributed by atoms with van der Waals surface area (Å²) in [5.74, 6) is 0.152. The predicted octanol–water partition coefficient (Wildman–Crippen LogP) is 2.15. The Balaban J connectivity index is 2.56. The minimum absolute atomic E-state index is 0.169. The second-order valence-corrected chi connectivity index (χ2v) is 4.44. The molecule has 1 atom stereocenters. The van der Waals surface area contributed by atoms with Crippen LogP contribution in [0.15, 0.2) is 12.1 Å². The van der Waals surface area contributed by atoms with Gasteiger partial charge in [-0.1, -0.05) is 33.1 Å². The number of aromatic nitrogens is 2. The lowest BCUT2D eigenvalue weighted by Gasteiger charge is -2.17. The van der Waals surface area contributed by atoms with Gasteiger partial charge in [0.2, 0.25) is 0 Å². The molecule has 0 aliphatic rings. The fourth-order valence-corrected chi connectivity index (χ4v) is 1.81. The maximum Gasteiger partial charge on any atom is 0.272 e. The van der Waals surface area contributed by atoms with Crippen molar-refractivity contribution in [2.24, 2.45) is 0 Å². The monoisotopic (exact) mass is 250 g/mol. The zero-order chi connectivity index (χ0) is 13.4. The third-order valence-corrected chi connectivity index (χ3v) is 2.80. The maximum atomic E-state index is 11.9. The molecule has 0 bridgehead atoms. The van der Waals surface area contributed by atoms with Gasteiger partial charge in [-0.05, 0) is 25.0 Å². The molecule has 0 fully saturated rings. The minimum Gasteiger partial charge on any atom is -0.382 e. The van der Waals surface area contributed by atoms with E-state index in [-0.39, 0.29) is 11.9 Å². The molecule has 1 heterocycles. The first-order chi connectivity index (χ1) is 8.67. The molecule has 0 aromatic carbocycles. The van der Waals surface area contributed by atoms with Crippen LogP contribution >= 0.6 is 0 Å². The molecule has 18 heavy (non-hydrogen) atoms. The number of anilines is 1. The minimum atomic E-state index is -0.169. The van der Waals surface area contributed by atoms with Crippen LogP contribution in [-0.4, -0.2) is 22.1 Å². The second kappa shape index (κ2) is 7.63. The molecule has 100 valence electrons. The highest BCUT2D eigenvalue weighted by molar-refractivity contribution is 5.92.